The molecule has 0 saturated carbocycles. The predicted octanol–water partition coefficient (Wildman–Crippen LogP) is 0.804. The monoisotopic (exact) mass is 266 g/mol. The minimum atomic E-state index is -0.306. The van der Waals surface area contributed by atoms with Gasteiger partial charge in [0.25, 0.3) is 0 Å². The van der Waals surface area contributed by atoms with Gasteiger partial charge in [0.2, 0.25) is 11.8 Å². The summed E-state index contributed by atoms with van der Waals surface area (Å²) < 4.78 is 10.3. The topological polar surface area (TPSA) is 76.7 Å². The molecule has 1 rings (SSSR count). The van der Waals surface area contributed by atoms with E-state index in [-0.39, 0.29) is 18.2 Å². The molecule has 2 amide bonds. The van der Waals surface area contributed by atoms with Crippen LogP contribution in [-0.4, -0.2) is 26.0 Å². The normalized spacial score (nSPS) is 9.63. The van der Waals surface area contributed by atoms with Crippen LogP contribution in [0.3, 0.4) is 0 Å². The van der Waals surface area contributed by atoms with Crippen LogP contribution in [0.4, 0.5) is 0 Å². The van der Waals surface area contributed by atoms with E-state index in [9.17, 15) is 9.59 Å². The van der Waals surface area contributed by atoms with Gasteiger partial charge in [-0.15, -0.1) is 0 Å². The standard InChI is InChI=1S/C13H18N2O4/c1-9(16)14-15-13(17)7-5-10-4-6-11(18-2)12(8-10)19-3/h4,6,8H,5,7H2,1-3H3,(H,14,16)(H,15,17). The number of hydrazine groups is 1. The smallest absolute Gasteiger partial charge is 0.238 e. The first kappa shape index (κ1) is 14.8. The second-order valence-corrected chi connectivity index (χ2v) is 3.92. The van der Waals surface area contributed by atoms with Crippen LogP contribution in [0.2, 0.25) is 0 Å². The quantitative estimate of drug-likeness (QED) is 0.773. The van der Waals surface area contributed by atoms with Gasteiger partial charge in [-0.2, -0.15) is 0 Å². The third kappa shape index (κ3) is 4.87. The van der Waals surface area contributed by atoms with Crippen LogP contribution >= 0.6 is 0 Å². The summed E-state index contributed by atoms with van der Waals surface area (Å²) >= 11 is 0. The number of rotatable bonds is 5. The van der Waals surface area contributed by atoms with Crippen molar-refractivity contribution in [3.05, 3.63) is 23.8 Å². The maximum atomic E-state index is 11.4. The highest BCUT2D eigenvalue weighted by Gasteiger charge is 2.07. The lowest BCUT2D eigenvalue weighted by Crippen LogP contribution is -2.40. The van der Waals surface area contributed by atoms with Crippen LogP contribution in [0.25, 0.3) is 0 Å². The van der Waals surface area contributed by atoms with Gasteiger partial charge in [0.05, 0.1) is 14.2 Å². The van der Waals surface area contributed by atoms with E-state index >= 15 is 0 Å². The Balaban J connectivity index is 2.53. The van der Waals surface area contributed by atoms with Gasteiger partial charge in [0.15, 0.2) is 11.5 Å². The third-order valence-electron chi connectivity index (χ3n) is 2.47. The minimum Gasteiger partial charge on any atom is -0.493 e. The maximum Gasteiger partial charge on any atom is 0.238 e. The molecule has 6 nitrogen and oxygen atoms in total. The molecule has 1 aromatic carbocycles. The summed E-state index contributed by atoms with van der Waals surface area (Å²) in [4.78, 5) is 22.0. The second kappa shape index (κ2) is 7.25. The van der Waals surface area contributed by atoms with E-state index in [1.807, 2.05) is 12.1 Å². The minimum absolute atomic E-state index is 0.245. The van der Waals surface area contributed by atoms with Crippen molar-refractivity contribution in [3.63, 3.8) is 0 Å². The van der Waals surface area contributed by atoms with Crippen molar-refractivity contribution in [2.24, 2.45) is 0 Å². The van der Waals surface area contributed by atoms with Crippen molar-refractivity contribution in [3.8, 4) is 11.5 Å². The number of benzene rings is 1. The molecule has 0 aliphatic heterocycles. The van der Waals surface area contributed by atoms with Gasteiger partial charge in [-0.3, -0.25) is 20.4 Å². The first-order valence-electron chi connectivity index (χ1n) is 5.83. The molecule has 2 N–H and O–H groups in total. The van der Waals surface area contributed by atoms with E-state index in [0.29, 0.717) is 17.9 Å². The van der Waals surface area contributed by atoms with Crippen LogP contribution in [-0.2, 0) is 16.0 Å². The van der Waals surface area contributed by atoms with E-state index < -0.39 is 0 Å². The fourth-order valence-electron chi connectivity index (χ4n) is 1.51. The van der Waals surface area contributed by atoms with Gasteiger partial charge in [-0.1, -0.05) is 6.07 Å². The molecule has 0 aliphatic rings. The van der Waals surface area contributed by atoms with E-state index in [2.05, 4.69) is 10.9 Å². The maximum absolute atomic E-state index is 11.4. The summed E-state index contributed by atoms with van der Waals surface area (Å²) in [6.45, 7) is 1.33. The molecule has 104 valence electrons. The fraction of sp³-hybridized carbons (Fsp3) is 0.385. The highest BCUT2D eigenvalue weighted by molar-refractivity contribution is 5.80. The van der Waals surface area contributed by atoms with Crippen LogP contribution < -0.4 is 20.3 Å². The molecule has 6 heteroatoms. The summed E-state index contributed by atoms with van der Waals surface area (Å²) in [6, 6.07) is 5.48. The molecule has 19 heavy (non-hydrogen) atoms. The molecule has 0 heterocycles. The van der Waals surface area contributed by atoms with Crippen molar-refractivity contribution < 1.29 is 19.1 Å². The second-order valence-electron chi connectivity index (χ2n) is 3.92. The van der Waals surface area contributed by atoms with Crippen molar-refractivity contribution in [2.75, 3.05) is 14.2 Å². The molecule has 0 aliphatic carbocycles. The summed E-state index contributed by atoms with van der Waals surface area (Å²) in [5.74, 6) is 0.723. The molecule has 0 bridgehead atoms. The van der Waals surface area contributed by atoms with Crippen molar-refractivity contribution in [1.82, 2.24) is 10.9 Å². The Kier molecular flexibility index (Phi) is 5.66. The van der Waals surface area contributed by atoms with Crippen molar-refractivity contribution in [1.29, 1.82) is 0 Å². The van der Waals surface area contributed by atoms with E-state index in [4.69, 9.17) is 9.47 Å². The SMILES string of the molecule is COc1ccc(CCC(=O)NNC(C)=O)cc1OC. The molecule has 0 atom stereocenters. The molecule has 0 radical (unpaired) electrons. The lowest BCUT2D eigenvalue weighted by molar-refractivity contribution is -0.127. The number of ether oxygens (including phenoxy) is 2. The number of hydrogen-bond donors (Lipinski definition) is 2. The van der Waals surface area contributed by atoms with Gasteiger partial charge in [-0.05, 0) is 24.1 Å². The Hall–Kier alpha value is -2.24. The van der Waals surface area contributed by atoms with E-state index in [1.165, 1.54) is 6.92 Å². The number of aryl methyl sites for hydroxylation is 1. The third-order valence-corrected chi connectivity index (χ3v) is 2.47. The van der Waals surface area contributed by atoms with Crippen molar-refractivity contribution >= 4 is 11.8 Å². The Morgan fingerprint density at radius 3 is 2.37 bits per heavy atom. The summed E-state index contributed by atoms with van der Waals surface area (Å²) in [5, 5.41) is 0. The molecule has 0 saturated heterocycles. The Morgan fingerprint density at radius 2 is 1.79 bits per heavy atom. The van der Waals surface area contributed by atoms with Crippen LogP contribution in [0, 0.1) is 0 Å². The van der Waals surface area contributed by atoms with E-state index in [1.54, 1.807) is 20.3 Å². The Labute approximate surface area is 112 Å². The molecule has 0 fully saturated rings. The zero-order valence-electron chi connectivity index (χ0n) is 11.3. The summed E-state index contributed by atoms with van der Waals surface area (Å²) in [6.07, 6.45) is 0.821. The van der Waals surface area contributed by atoms with Gasteiger partial charge in [-0.25, -0.2) is 0 Å². The molecule has 0 spiro atoms. The average Bonchev–Trinajstić information content (AvgIpc) is 2.42. The lowest BCUT2D eigenvalue weighted by atomic mass is 10.1. The Bertz CT molecular complexity index is 460. The lowest BCUT2D eigenvalue weighted by Gasteiger charge is -2.09. The molecular formula is C13H18N2O4. The van der Waals surface area contributed by atoms with Crippen LogP contribution in [0.5, 0.6) is 11.5 Å². The molecule has 0 unspecified atom stereocenters. The van der Waals surface area contributed by atoms with Gasteiger partial charge < -0.3 is 9.47 Å². The first-order valence-corrected chi connectivity index (χ1v) is 5.83. The number of hydrogen-bond acceptors (Lipinski definition) is 4. The predicted molar refractivity (Wildman–Crippen MR) is 69.8 cm³/mol. The number of nitrogens with one attached hydrogen (secondary N) is 2. The average molecular weight is 266 g/mol. The van der Waals surface area contributed by atoms with Gasteiger partial charge >= 0.3 is 0 Å². The number of amides is 2. The zero-order valence-corrected chi connectivity index (χ0v) is 11.3. The van der Waals surface area contributed by atoms with Crippen LogP contribution in [0.15, 0.2) is 18.2 Å². The summed E-state index contributed by atoms with van der Waals surface area (Å²) in [7, 11) is 3.13. The summed E-state index contributed by atoms with van der Waals surface area (Å²) in [5.41, 5.74) is 5.50. The largest absolute Gasteiger partial charge is 0.493 e. The van der Waals surface area contributed by atoms with Gasteiger partial charge in [0, 0.05) is 13.3 Å². The zero-order chi connectivity index (χ0) is 14.3. The van der Waals surface area contributed by atoms with Gasteiger partial charge in [0.1, 0.15) is 0 Å². The Morgan fingerprint density at radius 1 is 1.11 bits per heavy atom. The fourth-order valence-corrected chi connectivity index (χ4v) is 1.51. The highest BCUT2D eigenvalue weighted by atomic mass is 16.5. The van der Waals surface area contributed by atoms with Crippen molar-refractivity contribution in [2.45, 2.75) is 19.8 Å². The number of carbonyl (C=O) groups is 2. The van der Waals surface area contributed by atoms with Crippen LogP contribution in [0.1, 0.15) is 18.9 Å². The number of methoxy groups -OCH3 is 2. The highest BCUT2D eigenvalue weighted by Crippen LogP contribution is 2.27. The first-order chi connectivity index (χ1) is 9.06. The van der Waals surface area contributed by atoms with E-state index in [0.717, 1.165) is 5.56 Å². The number of carbonyl (C=O) groups excluding carboxylic acids is 2. The molecular weight excluding hydrogens is 248 g/mol. The molecule has 0 aromatic heterocycles. The molecule has 1 aromatic rings.